The van der Waals surface area contributed by atoms with E-state index >= 15 is 0 Å². The molecule has 1 nitrogen and oxygen atoms in total. The Kier molecular flexibility index (Phi) is 5.68. The minimum absolute atomic E-state index is 0.376. The molecule has 4 heteroatoms. The molecule has 1 N–H and O–H groups in total. The van der Waals surface area contributed by atoms with Crippen molar-refractivity contribution in [3.63, 3.8) is 0 Å². The highest BCUT2D eigenvalue weighted by atomic mass is 35.5. The average Bonchev–Trinajstić information content (AvgIpc) is 2.87. The smallest absolute Gasteiger partial charge is 0.0595 e. The van der Waals surface area contributed by atoms with Gasteiger partial charge in [-0.05, 0) is 42.7 Å². The second-order valence-corrected chi connectivity index (χ2v) is 6.90. The largest absolute Gasteiger partial charge is 0.309 e. The van der Waals surface area contributed by atoms with E-state index < -0.39 is 0 Å². The molecule has 100 valence electrons. The van der Waals surface area contributed by atoms with E-state index in [1.54, 1.807) is 0 Å². The fourth-order valence-corrected chi connectivity index (χ4v) is 3.83. The van der Waals surface area contributed by atoms with Crippen LogP contribution >= 0.6 is 35.0 Å². The van der Waals surface area contributed by atoms with E-state index in [9.17, 15) is 0 Å². The van der Waals surface area contributed by atoms with Crippen molar-refractivity contribution in [1.29, 1.82) is 0 Å². The SMILES string of the molecule is CCC(NCC1CCCS1)c1ccc(Cl)c(Cl)c1. The molecule has 1 aromatic rings. The maximum Gasteiger partial charge on any atom is 0.0595 e. The number of rotatable bonds is 5. The summed E-state index contributed by atoms with van der Waals surface area (Å²) in [4.78, 5) is 0. The molecule has 1 fully saturated rings. The van der Waals surface area contributed by atoms with Crippen molar-refractivity contribution in [2.24, 2.45) is 0 Å². The highest BCUT2D eigenvalue weighted by Gasteiger charge is 2.17. The van der Waals surface area contributed by atoms with E-state index in [4.69, 9.17) is 23.2 Å². The van der Waals surface area contributed by atoms with Crippen LogP contribution in [-0.2, 0) is 0 Å². The first-order valence-corrected chi connectivity index (χ1v) is 8.31. The maximum absolute atomic E-state index is 6.08. The average molecular weight is 304 g/mol. The molecule has 2 atom stereocenters. The number of hydrogen-bond donors (Lipinski definition) is 1. The van der Waals surface area contributed by atoms with Crippen LogP contribution in [0.5, 0.6) is 0 Å². The van der Waals surface area contributed by atoms with Crippen molar-refractivity contribution in [3.05, 3.63) is 33.8 Å². The molecule has 0 aromatic heterocycles. The van der Waals surface area contributed by atoms with Crippen LogP contribution in [-0.4, -0.2) is 17.5 Å². The number of hydrogen-bond acceptors (Lipinski definition) is 2. The number of benzene rings is 1. The van der Waals surface area contributed by atoms with Gasteiger partial charge in [0.15, 0.2) is 0 Å². The molecule has 1 aromatic carbocycles. The predicted molar refractivity (Wildman–Crippen MR) is 83.0 cm³/mol. The van der Waals surface area contributed by atoms with E-state index in [2.05, 4.69) is 30.1 Å². The summed E-state index contributed by atoms with van der Waals surface area (Å²) in [6.07, 6.45) is 3.77. The molecule has 0 spiro atoms. The van der Waals surface area contributed by atoms with Crippen LogP contribution in [0.15, 0.2) is 18.2 Å². The molecule has 2 rings (SSSR count). The minimum Gasteiger partial charge on any atom is -0.309 e. The first-order chi connectivity index (χ1) is 8.70. The lowest BCUT2D eigenvalue weighted by Crippen LogP contribution is -2.27. The Morgan fingerprint density at radius 3 is 2.83 bits per heavy atom. The lowest BCUT2D eigenvalue weighted by molar-refractivity contribution is 0.512. The van der Waals surface area contributed by atoms with Gasteiger partial charge >= 0.3 is 0 Å². The van der Waals surface area contributed by atoms with Crippen molar-refractivity contribution < 1.29 is 0 Å². The van der Waals surface area contributed by atoms with Crippen LogP contribution < -0.4 is 5.32 Å². The Bertz CT molecular complexity index is 391. The lowest BCUT2D eigenvalue weighted by Gasteiger charge is -2.20. The molecule has 0 bridgehead atoms. The summed E-state index contributed by atoms with van der Waals surface area (Å²) < 4.78 is 0. The van der Waals surface area contributed by atoms with Crippen LogP contribution in [0.25, 0.3) is 0 Å². The highest BCUT2D eigenvalue weighted by Crippen LogP contribution is 2.29. The second kappa shape index (κ2) is 7.04. The van der Waals surface area contributed by atoms with Crippen molar-refractivity contribution in [1.82, 2.24) is 5.32 Å². The number of halogens is 2. The van der Waals surface area contributed by atoms with Gasteiger partial charge < -0.3 is 5.32 Å². The van der Waals surface area contributed by atoms with Crippen LogP contribution in [0, 0.1) is 0 Å². The summed E-state index contributed by atoms with van der Waals surface area (Å²) in [7, 11) is 0. The monoisotopic (exact) mass is 303 g/mol. The van der Waals surface area contributed by atoms with Gasteiger partial charge in [0.05, 0.1) is 10.0 Å². The van der Waals surface area contributed by atoms with Crippen LogP contribution in [0.1, 0.15) is 37.8 Å². The minimum atomic E-state index is 0.376. The fourth-order valence-electron chi connectivity index (χ4n) is 2.31. The van der Waals surface area contributed by atoms with Gasteiger partial charge in [0.2, 0.25) is 0 Å². The maximum atomic E-state index is 6.08. The summed E-state index contributed by atoms with van der Waals surface area (Å²) in [6, 6.07) is 6.30. The van der Waals surface area contributed by atoms with Gasteiger partial charge in [-0.25, -0.2) is 0 Å². The van der Waals surface area contributed by atoms with E-state index in [0.717, 1.165) is 18.2 Å². The Morgan fingerprint density at radius 1 is 1.39 bits per heavy atom. The van der Waals surface area contributed by atoms with Crippen LogP contribution in [0.3, 0.4) is 0 Å². The summed E-state index contributed by atoms with van der Waals surface area (Å²) >= 11 is 14.1. The fraction of sp³-hybridized carbons (Fsp3) is 0.571. The third-order valence-corrected chi connectivity index (χ3v) is 5.51. The normalized spacial score (nSPS) is 21.2. The van der Waals surface area contributed by atoms with Gasteiger partial charge in [0, 0.05) is 17.8 Å². The molecule has 0 radical (unpaired) electrons. The van der Waals surface area contributed by atoms with Crippen molar-refractivity contribution >= 4 is 35.0 Å². The number of nitrogens with one attached hydrogen (secondary N) is 1. The first-order valence-electron chi connectivity index (χ1n) is 6.50. The third kappa shape index (κ3) is 3.80. The van der Waals surface area contributed by atoms with Gasteiger partial charge in [-0.1, -0.05) is 36.2 Å². The number of thioether (sulfide) groups is 1. The predicted octanol–water partition coefficient (Wildman–Crippen LogP) is 4.93. The van der Waals surface area contributed by atoms with E-state index in [1.165, 1.54) is 24.2 Å². The van der Waals surface area contributed by atoms with Gasteiger partial charge in [-0.2, -0.15) is 11.8 Å². The first kappa shape index (κ1) is 14.5. The van der Waals surface area contributed by atoms with Crippen LogP contribution in [0.4, 0.5) is 0 Å². The Hall–Kier alpha value is 0.110. The molecule has 1 saturated heterocycles. The van der Waals surface area contributed by atoms with Crippen molar-refractivity contribution in [3.8, 4) is 0 Å². The zero-order chi connectivity index (χ0) is 13.0. The summed E-state index contributed by atoms with van der Waals surface area (Å²) in [5.74, 6) is 1.32. The zero-order valence-corrected chi connectivity index (χ0v) is 12.9. The second-order valence-electron chi connectivity index (χ2n) is 4.68. The topological polar surface area (TPSA) is 12.0 Å². The Labute approximate surface area is 124 Å². The van der Waals surface area contributed by atoms with Gasteiger partial charge in [0.25, 0.3) is 0 Å². The highest BCUT2D eigenvalue weighted by molar-refractivity contribution is 8.00. The summed E-state index contributed by atoms with van der Waals surface area (Å²) in [5.41, 5.74) is 1.23. The molecule has 1 aliphatic heterocycles. The molecule has 2 unspecified atom stereocenters. The van der Waals surface area contributed by atoms with Crippen molar-refractivity contribution in [2.75, 3.05) is 12.3 Å². The Morgan fingerprint density at radius 2 is 2.22 bits per heavy atom. The van der Waals surface area contributed by atoms with E-state index in [-0.39, 0.29) is 0 Å². The molecule has 0 amide bonds. The molecular weight excluding hydrogens is 285 g/mol. The lowest BCUT2D eigenvalue weighted by atomic mass is 10.0. The van der Waals surface area contributed by atoms with Crippen LogP contribution in [0.2, 0.25) is 10.0 Å². The molecule has 1 heterocycles. The summed E-state index contributed by atoms with van der Waals surface area (Å²) in [5, 5.41) is 5.70. The van der Waals surface area contributed by atoms with Gasteiger partial charge in [-0.15, -0.1) is 0 Å². The van der Waals surface area contributed by atoms with Gasteiger partial charge in [-0.3, -0.25) is 0 Å². The third-order valence-electron chi connectivity index (χ3n) is 3.37. The summed E-state index contributed by atoms with van der Waals surface area (Å²) in [6.45, 7) is 3.28. The van der Waals surface area contributed by atoms with Gasteiger partial charge in [0.1, 0.15) is 0 Å². The van der Waals surface area contributed by atoms with E-state index in [1.807, 2.05) is 12.1 Å². The molecule has 0 saturated carbocycles. The zero-order valence-electron chi connectivity index (χ0n) is 10.6. The molecule has 1 aliphatic rings. The van der Waals surface area contributed by atoms with Crippen molar-refractivity contribution in [2.45, 2.75) is 37.5 Å². The Balaban J connectivity index is 1.96. The standard InChI is InChI=1S/C14H19Cl2NS/c1-2-14(17-9-11-4-3-7-18-11)10-5-6-12(15)13(16)8-10/h5-6,8,11,14,17H,2-4,7,9H2,1H3. The molecular formula is C14H19Cl2NS. The quantitative estimate of drug-likeness (QED) is 0.828. The molecule has 0 aliphatic carbocycles. The van der Waals surface area contributed by atoms with E-state index in [0.29, 0.717) is 16.1 Å². The molecule has 18 heavy (non-hydrogen) atoms.